The molecule has 22 heavy (non-hydrogen) atoms. The number of carbonyl (C=O) groups excluding carboxylic acids is 1. The Morgan fingerprint density at radius 1 is 1.41 bits per heavy atom. The van der Waals surface area contributed by atoms with Gasteiger partial charge in [0.05, 0.1) is 6.26 Å². The zero-order valence-electron chi connectivity index (χ0n) is 12.8. The number of piperidine rings is 1. The molecule has 0 atom stereocenters. The van der Waals surface area contributed by atoms with Crippen molar-refractivity contribution in [2.45, 2.75) is 19.8 Å². The molecular weight excluding hydrogens is 278 g/mol. The molecule has 0 radical (unpaired) electrons. The van der Waals surface area contributed by atoms with Crippen LogP contribution in [-0.2, 0) is 0 Å². The molecule has 3 rings (SSSR count). The maximum absolute atomic E-state index is 11.8. The molecular formula is C17H21N3O2. The van der Waals surface area contributed by atoms with Crippen molar-refractivity contribution < 1.29 is 9.21 Å². The monoisotopic (exact) mass is 299 g/mol. The van der Waals surface area contributed by atoms with Crippen LogP contribution in [0.2, 0.25) is 0 Å². The number of carbonyl (C=O) groups is 1. The van der Waals surface area contributed by atoms with Gasteiger partial charge in [-0.05, 0) is 49.9 Å². The fourth-order valence-corrected chi connectivity index (χ4v) is 2.85. The van der Waals surface area contributed by atoms with Crippen LogP contribution >= 0.6 is 0 Å². The molecule has 0 spiro atoms. The lowest BCUT2D eigenvalue weighted by Crippen LogP contribution is -2.38. The first-order valence-corrected chi connectivity index (χ1v) is 7.71. The molecule has 116 valence electrons. The van der Waals surface area contributed by atoms with Crippen LogP contribution in [0.15, 0.2) is 41.1 Å². The summed E-state index contributed by atoms with van der Waals surface area (Å²) in [5.41, 5.74) is 2.29. The van der Waals surface area contributed by atoms with Crippen molar-refractivity contribution >= 4 is 11.6 Å². The van der Waals surface area contributed by atoms with Gasteiger partial charge in [0, 0.05) is 37.2 Å². The van der Waals surface area contributed by atoms with Crippen molar-refractivity contribution in [2.24, 2.45) is 5.92 Å². The number of rotatable bonds is 4. The predicted octanol–water partition coefficient (Wildman–Crippen LogP) is 2.63. The summed E-state index contributed by atoms with van der Waals surface area (Å²) < 4.78 is 5.10. The van der Waals surface area contributed by atoms with Gasteiger partial charge in [-0.25, -0.2) is 0 Å². The second-order valence-electron chi connectivity index (χ2n) is 5.77. The molecule has 5 nitrogen and oxygen atoms in total. The summed E-state index contributed by atoms with van der Waals surface area (Å²) in [7, 11) is 0. The van der Waals surface area contributed by atoms with Crippen LogP contribution in [0.1, 0.15) is 29.1 Å². The van der Waals surface area contributed by atoms with E-state index in [-0.39, 0.29) is 5.91 Å². The first kappa shape index (κ1) is 14.6. The van der Waals surface area contributed by atoms with Crippen molar-refractivity contribution in [2.75, 3.05) is 24.5 Å². The SMILES string of the molecule is Cc1cc(N2CCC(CNC(=O)c3ccco3)CC2)ccn1. The van der Waals surface area contributed by atoms with Crippen LogP contribution in [0.3, 0.4) is 0 Å². The second kappa shape index (κ2) is 6.64. The molecule has 1 aliphatic heterocycles. The van der Waals surface area contributed by atoms with E-state index in [1.165, 1.54) is 12.0 Å². The minimum atomic E-state index is -0.128. The van der Waals surface area contributed by atoms with Crippen LogP contribution in [-0.4, -0.2) is 30.5 Å². The summed E-state index contributed by atoms with van der Waals surface area (Å²) in [4.78, 5) is 18.5. The fraction of sp³-hybridized carbons (Fsp3) is 0.412. The van der Waals surface area contributed by atoms with E-state index in [2.05, 4.69) is 27.3 Å². The lowest BCUT2D eigenvalue weighted by molar-refractivity contribution is 0.0917. The summed E-state index contributed by atoms with van der Waals surface area (Å²) in [5, 5.41) is 2.96. The van der Waals surface area contributed by atoms with Crippen molar-refractivity contribution in [3.05, 3.63) is 48.2 Å². The Morgan fingerprint density at radius 2 is 2.23 bits per heavy atom. The average molecular weight is 299 g/mol. The van der Waals surface area contributed by atoms with Gasteiger partial charge in [-0.2, -0.15) is 0 Å². The second-order valence-corrected chi connectivity index (χ2v) is 5.77. The van der Waals surface area contributed by atoms with Gasteiger partial charge < -0.3 is 14.6 Å². The van der Waals surface area contributed by atoms with E-state index in [1.807, 2.05) is 13.1 Å². The molecule has 3 heterocycles. The van der Waals surface area contributed by atoms with Crippen LogP contribution < -0.4 is 10.2 Å². The Kier molecular flexibility index (Phi) is 4.42. The van der Waals surface area contributed by atoms with Gasteiger partial charge >= 0.3 is 0 Å². The zero-order valence-corrected chi connectivity index (χ0v) is 12.8. The van der Waals surface area contributed by atoms with Crippen LogP contribution in [0, 0.1) is 12.8 Å². The summed E-state index contributed by atoms with van der Waals surface area (Å²) >= 11 is 0. The van der Waals surface area contributed by atoms with Gasteiger partial charge in [0.1, 0.15) is 0 Å². The van der Waals surface area contributed by atoms with Crippen molar-refractivity contribution in [3.8, 4) is 0 Å². The van der Waals surface area contributed by atoms with E-state index in [1.54, 1.807) is 12.1 Å². The van der Waals surface area contributed by atoms with Crippen LogP contribution in [0.4, 0.5) is 5.69 Å². The molecule has 1 fully saturated rings. The molecule has 0 unspecified atom stereocenters. The van der Waals surface area contributed by atoms with Crippen LogP contribution in [0.25, 0.3) is 0 Å². The van der Waals surface area contributed by atoms with E-state index < -0.39 is 0 Å². The average Bonchev–Trinajstić information content (AvgIpc) is 3.08. The van der Waals surface area contributed by atoms with Gasteiger partial charge in [-0.3, -0.25) is 9.78 Å². The maximum Gasteiger partial charge on any atom is 0.286 e. The third kappa shape index (κ3) is 3.47. The Hall–Kier alpha value is -2.30. The number of aromatic nitrogens is 1. The molecule has 0 bridgehead atoms. The molecule has 0 aliphatic carbocycles. The first-order chi connectivity index (χ1) is 10.7. The highest BCUT2D eigenvalue weighted by Crippen LogP contribution is 2.23. The highest BCUT2D eigenvalue weighted by Gasteiger charge is 2.20. The third-order valence-electron chi connectivity index (χ3n) is 4.16. The summed E-state index contributed by atoms with van der Waals surface area (Å²) in [6.45, 7) is 4.76. The van der Waals surface area contributed by atoms with E-state index in [0.29, 0.717) is 18.2 Å². The van der Waals surface area contributed by atoms with Gasteiger partial charge in [0.2, 0.25) is 0 Å². The fourth-order valence-electron chi connectivity index (χ4n) is 2.85. The van der Waals surface area contributed by atoms with Gasteiger partial charge in [-0.15, -0.1) is 0 Å². The van der Waals surface area contributed by atoms with E-state index >= 15 is 0 Å². The lowest BCUT2D eigenvalue weighted by atomic mass is 9.96. The Labute approximate surface area is 130 Å². The number of nitrogens with zero attached hydrogens (tertiary/aromatic N) is 2. The molecule has 1 saturated heterocycles. The maximum atomic E-state index is 11.8. The number of anilines is 1. The molecule has 2 aromatic rings. The van der Waals surface area contributed by atoms with E-state index in [0.717, 1.165) is 31.6 Å². The molecule has 0 saturated carbocycles. The molecule has 1 amide bonds. The minimum Gasteiger partial charge on any atom is -0.459 e. The van der Waals surface area contributed by atoms with Gasteiger partial charge in [-0.1, -0.05) is 0 Å². The van der Waals surface area contributed by atoms with Crippen molar-refractivity contribution in [3.63, 3.8) is 0 Å². The van der Waals surface area contributed by atoms with E-state index in [4.69, 9.17) is 4.42 Å². The zero-order chi connectivity index (χ0) is 15.4. The number of amides is 1. The van der Waals surface area contributed by atoms with Gasteiger partial charge in [0.25, 0.3) is 5.91 Å². The lowest BCUT2D eigenvalue weighted by Gasteiger charge is -2.33. The normalized spacial score (nSPS) is 15.8. The highest BCUT2D eigenvalue weighted by molar-refractivity contribution is 5.91. The molecule has 5 heteroatoms. The number of pyridine rings is 1. The molecule has 1 aliphatic rings. The Balaban J connectivity index is 1.47. The first-order valence-electron chi connectivity index (χ1n) is 7.71. The number of aryl methyl sites for hydroxylation is 1. The standard InChI is InChI=1S/C17H21N3O2/c1-13-11-15(4-7-18-13)20-8-5-14(6-9-20)12-19-17(21)16-3-2-10-22-16/h2-4,7,10-11,14H,5-6,8-9,12H2,1H3,(H,19,21). The van der Waals surface area contributed by atoms with Crippen molar-refractivity contribution in [1.29, 1.82) is 0 Å². The summed E-state index contributed by atoms with van der Waals surface area (Å²) in [6, 6.07) is 7.60. The van der Waals surface area contributed by atoms with E-state index in [9.17, 15) is 4.79 Å². The number of hydrogen-bond acceptors (Lipinski definition) is 4. The molecule has 1 N–H and O–H groups in total. The molecule has 2 aromatic heterocycles. The summed E-state index contributed by atoms with van der Waals surface area (Å²) in [5.74, 6) is 0.778. The number of nitrogens with one attached hydrogen (secondary N) is 1. The minimum absolute atomic E-state index is 0.128. The Bertz CT molecular complexity index is 617. The molecule has 0 aromatic carbocycles. The quantitative estimate of drug-likeness (QED) is 0.943. The number of hydrogen-bond donors (Lipinski definition) is 1. The third-order valence-corrected chi connectivity index (χ3v) is 4.16. The predicted molar refractivity (Wildman–Crippen MR) is 85.0 cm³/mol. The largest absolute Gasteiger partial charge is 0.459 e. The number of furan rings is 1. The van der Waals surface area contributed by atoms with Gasteiger partial charge in [0.15, 0.2) is 5.76 Å². The Morgan fingerprint density at radius 3 is 2.91 bits per heavy atom. The topological polar surface area (TPSA) is 58.4 Å². The van der Waals surface area contributed by atoms with Crippen LogP contribution in [0.5, 0.6) is 0 Å². The van der Waals surface area contributed by atoms with Crippen molar-refractivity contribution in [1.82, 2.24) is 10.3 Å². The highest BCUT2D eigenvalue weighted by atomic mass is 16.3. The summed E-state index contributed by atoms with van der Waals surface area (Å²) in [6.07, 6.45) is 5.55. The smallest absolute Gasteiger partial charge is 0.286 e.